The van der Waals surface area contributed by atoms with Gasteiger partial charge in [-0.25, -0.2) is 0 Å². The maximum Gasteiger partial charge on any atom is 0.323 e. The molecular weight excluding hydrogens is 146 g/mol. The number of nitrogens with zero attached hydrogens (tertiary/aromatic N) is 1. The number of rotatable bonds is 5. The van der Waals surface area contributed by atoms with Gasteiger partial charge in [0, 0.05) is 0 Å². The van der Waals surface area contributed by atoms with Crippen LogP contribution in [-0.4, -0.2) is 46.8 Å². The summed E-state index contributed by atoms with van der Waals surface area (Å²) in [5, 5.41) is 17.3. The van der Waals surface area contributed by atoms with E-state index in [2.05, 4.69) is 0 Å². The third-order valence-electron chi connectivity index (χ3n) is 1.71. The summed E-state index contributed by atoms with van der Waals surface area (Å²) in [4.78, 5) is 12.2. The van der Waals surface area contributed by atoms with Crippen molar-refractivity contribution in [2.45, 2.75) is 19.9 Å². The molecule has 4 nitrogen and oxygen atoms in total. The van der Waals surface area contributed by atoms with Gasteiger partial charge >= 0.3 is 5.97 Å². The summed E-state index contributed by atoms with van der Waals surface area (Å²) in [6.07, 6.45) is 0. The maximum atomic E-state index is 10.5. The Hall–Kier alpha value is -0.610. The Kier molecular flexibility index (Phi) is 4.81. The van der Waals surface area contributed by atoms with Crippen LogP contribution in [0.3, 0.4) is 0 Å². The third kappa shape index (κ3) is 2.86. The first-order valence-electron chi connectivity index (χ1n) is 3.75. The molecule has 4 heteroatoms. The van der Waals surface area contributed by atoms with E-state index in [9.17, 15) is 4.79 Å². The second kappa shape index (κ2) is 5.09. The molecule has 0 amide bonds. The summed E-state index contributed by atoms with van der Waals surface area (Å²) >= 11 is 0. The van der Waals surface area contributed by atoms with Crippen LogP contribution in [0.2, 0.25) is 0 Å². The molecule has 0 spiro atoms. The van der Waals surface area contributed by atoms with Gasteiger partial charge in [-0.3, -0.25) is 9.69 Å². The average Bonchev–Trinajstić information content (AvgIpc) is 1.99. The molecule has 0 unspecified atom stereocenters. The molecule has 0 saturated carbocycles. The van der Waals surface area contributed by atoms with Crippen LogP contribution in [0.4, 0.5) is 0 Å². The van der Waals surface area contributed by atoms with E-state index in [0.29, 0.717) is 13.1 Å². The Morgan fingerprint density at radius 2 is 1.91 bits per heavy atom. The van der Waals surface area contributed by atoms with Crippen molar-refractivity contribution in [3.8, 4) is 0 Å². The first kappa shape index (κ1) is 10.4. The molecule has 0 saturated heterocycles. The topological polar surface area (TPSA) is 60.8 Å². The van der Waals surface area contributed by atoms with E-state index in [4.69, 9.17) is 10.2 Å². The van der Waals surface area contributed by atoms with Crippen molar-refractivity contribution in [2.75, 3.05) is 19.7 Å². The summed E-state index contributed by atoms with van der Waals surface area (Å²) in [6.45, 7) is 4.71. The van der Waals surface area contributed by atoms with E-state index >= 15 is 0 Å². The summed E-state index contributed by atoms with van der Waals surface area (Å²) in [6, 6.07) is -0.745. The molecule has 2 N–H and O–H groups in total. The van der Waals surface area contributed by atoms with E-state index in [0.717, 1.165) is 0 Å². The molecule has 0 aliphatic carbocycles. The highest BCUT2D eigenvalue weighted by Crippen LogP contribution is 1.97. The normalized spacial score (nSPS) is 13.5. The van der Waals surface area contributed by atoms with Crippen LogP contribution in [0.15, 0.2) is 0 Å². The Balaban J connectivity index is 4.09. The number of carboxylic acids is 1. The van der Waals surface area contributed by atoms with Crippen molar-refractivity contribution in [3.63, 3.8) is 0 Å². The molecule has 0 rings (SSSR count). The summed E-state index contributed by atoms with van der Waals surface area (Å²) < 4.78 is 0. The van der Waals surface area contributed by atoms with Crippen LogP contribution in [0.5, 0.6) is 0 Å². The largest absolute Gasteiger partial charge is 0.480 e. The maximum absolute atomic E-state index is 10.5. The molecule has 0 aromatic rings. The molecule has 66 valence electrons. The molecule has 0 aromatic heterocycles. The van der Waals surface area contributed by atoms with Gasteiger partial charge in [-0.1, -0.05) is 13.8 Å². The zero-order valence-corrected chi connectivity index (χ0v) is 6.95. The smallest absolute Gasteiger partial charge is 0.323 e. The van der Waals surface area contributed by atoms with Gasteiger partial charge in [0.1, 0.15) is 6.04 Å². The standard InChI is InChI=1S/C7H15NO3/c1-3-8(4-2)6(5-9)7(10)11/h6,9H,3-5H2,1-2H3,(H,10,11)/t6-/m0/s1. The van der Waals surface area contributed by atoms with Crippen molar-refractivity contribution in [3.05, 3.63) is 0 Å². The Morgan fingerprint density at radius 3 is 2.00 bits per heavy atom. The number of hydrogen-bond donors (Lipinski definition) is 2. The molecule has 0 aliphatic heterocycles. The number of carboxylic acid groups (broad SMARTS) is 1. The minimum absolute atomic E-state index is 0.322. The number of aliphatic carboxylic acids is 1. The number of aliphatic hydroxyl groups excluding tert-OH is 1. The molecule has 0 aromatic carbocycles. The van der Waals surface area contributed by atoms with Crippen LogP contribution in [-0.2, 0) is 4.79 Å². The van der Waals surface area contributed by atoms with Crippen LogP contribution in [0.1, 0.15) is 13.8 Å². The molecule has 0 aliphatic rings. The molecule has 1 atom stereocenters. The lowest BCUT2D eigenvalue weighted by Gasteiger charge is -2.23. The lowest BCUT2D eigenvalue weighted by atomic mass is 10.2. The van der Waals surface area contributed by atoms with Gasteiger partial charge < -0.3 is 10.2 Å². The average molecular weight is 161 g/mol. The van der Waals surface area contributed by atoms with Crippen LogP contribution in [0, 0.1) is 0 Å². The van der Waals surface area contributed by atoms with Crippen LogP contribution >= 0.6 is 0 Å². The summed E-state index contributed by atoms with van der Waals surface area (Å²) in [7, 11) is 0. The lowest BCUT2D eigenvalue weighted by molar-refractivity contribution is -0.144. The van der Waals surface area contributed by atoms with Crippen molar-refractivity contribution < 1.29 is 15.0 Å². The minimum atomic E-state index is -0.962. The zero-order chi connectivity index (χ0) is 8.85. The quantitative estimate of drug-likeness (QED) is 0.585. The highest BCUT2D eigenvalue weighted by Gasteiger charge is 2.21. The van der Waals surface area contributed by atoms with Crippen molar-refractivity contribution in [1.82, 2.24) is 4.90 Å². The van der Waals surface area contributed by atoms with Gasteiger partial charge in [0.15, 0.2) is 0 Å². The molecular formula is C7H15NO3. The third-order valence-corrected chi connectivity index (χ3v) is 1.71. The second-order valence-corrected chi connectivity index (χ2v) is 2.26. The zero-order valence-electron chi connectivity index (χ0n) is 6.95. The van der Waals surface area contributed by atoms with Gasteiger partial charge in [-0.15, -0.1) is 0 Å². The Morgan fingerprint density at radius 1 is 1.45 bits per heavy atom. The summed E-state index contributed by atoms with van der Waals surface area (Å²) in [5.74, 6) is -0.962. The molecule has 0 heterocycles. The first-order valence-corrected chi connectivity index (χ1v) is 3.75. The molecule has 0 fully saturated rings. The highest BCUT2D eigenvalue weighted by atomic mass is 16.4. The van der Waals surface area contributed by atoms with Gasteiger partial charge in [0.2, 0.25) is 0 Å². The van der Waals surface area contributed by atoms with E-state index in [1.54, 1.807) is 4.90 Å². The van der Waals surface area contributed by atoms with Gasteiger partial charge in [-0.2, -0.15) is 0 Å². The van der Waals surface area contributed by atoms with Gasteiger partial charge in [0.25, 0.3) is 0 Å². The SMILES string of the molecule is CCN(CC)[C@@H](CO)C(=O)O. The van der Waals surface area contributed by atoms with Crippen molar-refractivity contribution >= 4 is 5.97 Å². The fourth-order valence-electron chi connectivity index (χ4n) is 1.01. The predicted octanol–water partition coefficient (Wildman–Crippen LogP) is -0.226. The molecule has 11 heavy (non-hydrogen) atoms. The first-order chi connectivity index (χ1) is 5.17. The van der Waals surface area contributed by atoms with Gasteiger partial charge in [-0.05, 0) is 13.1 Å². The van der Waals surface area contributed by atoms with Crippen LogP contribution in [0.25, 0.3) is 0 Å². The minimum Gasteiger partial charge on any atom is -0.480 e. The van der Waals surface area contributed by atoms with Crippen molar-refractivity contribution in [2.24, 2.45) is 0 Å². The summed E-state index contributed by atoms with van der Waals surface area (Å²) in [5.41, 5.74) is 0. The fraction of sp³-hybridized carbons (Fsp3) is 0.857. The Labute approximate surface area is 66.4 Å². The number of hydrogen-bond acceptors (Lipinski definition) is 3. The van der Waals surface area contributed by atoms with Crippen LogP contribution < -0.4 is 0 Å². The predicted molar refractivity (Wildman–Crippen MR) is 41.4 cm³/mol. The lowest BCUT2D eigenvalue weighted by Crippen LogP contribution is -2.43. The highest BCUT2D eigenvalue weighted by molar-refractivity contribution is 5.73. The van der Waals surface area contributed by atoms with E-state index < -0.39 is 12.0 Å². The second-order valence-electron chi connectivity index (χ2n) is 2.26. The Bertz CT molecular complexity index is 123. The number of aliphatic hydroxyl groups is 1. The van der Waals surface area contributed by atoms with E-state index in [1.165, 1.54) is 0 Å². The monoisotopic (exact) mass is 161 g/mol. The molecule has 0 radical (unpaired) electrons. The fourth-order valence-corrected chi connectivity index (χ4v) is 1.01. The van der Waals surface area contributed by atoms with Crippen molar-refractivity contribution in [1.29, 1.82) is 0 Å². The number of likely N-dealkylation sites (N-methyl/N-ethyl adjacent to an activating group) is 1. The van der Waals surface area contributed by atoms with E-state index in [-0.39, 0.29) is 6.61 Å². The van der Waals surface area contributed by atoms with Gasteiger partial charge in [0.05, 0.1) is 6.61 Å². The van der Waals surface area contributed by atoms with E-state index in [1.807, 2.05) is 13.8 Å². The molecule has 0 bridgehead atoms. The number of carbonyl (C=O) groups is 1.